The van der Waals surface area contributed by atoms with Crippen LogP contribution in [0.4, 0.5) is 5.69 Å². The van der Waals surface area contributed by atoms with Crippen LogP contribution in [0.3, 0.4) is 0 Å². The fourth-order valence-electron chi connectivity index (χ4n) is 2.78. The van der Waals surface area contributed by atoms with Crippen molar-refractivity contribution < 1.29 is 4.79 Å². The number of rotatable bonds is 7. The van der Waals surface area contributed by atoms with Crippen molar-refractivity contribution >= 4 is 11.6 Å². The summed E-state index contributed by atoms with van der Waals surface area (Å²) < 4.78 is 0. The van der Waals surface area contributed by atoms with Crippen molar-refractivity contribution in [1.82, 2.24) is 10.2 Å². The molecule has 1 aliphatic heterocycles. The van der Waals surface area contributed by atoms with Crippen molar-refractivity contribution in [3.8, 4) is 0 Å². The number of unbranched alkanes of at least 4 members (excludes halogenated alkanes) is 1. The maximum absolute atomic E-state index is 12.6. The number of carbonyl (C=O) groups is 1. The predicted octanol–water partition coefficient (Wildman–Crippen LogP) is 7.24. The van der Waals surface area contributed by atoms with Crippen molar-refractivity contribution in [1.29, 1.82) is 0 Å². The summed E-state index contributed by atoms with van der Waals surface area (Å²) in [7, 11) is 0. The van der Waals surface area contributed by atoms with Crippen LogP contribution in [0.25, 0.3) is 0 Å². The van der Waals surface area contributed by atoms with Gasteiger partial charge in [0.2, 0.25) is 5.91 Å². The van der Waals surface area contributed by atoms with Gasteiger partial charge in [-0.15, -0.1) is 6.58 Å². The molecule has 0 saturated carbocycles. The lowest BCUT2D eigenvalue weighted by molar-refractivity contribution is -0.133. The first kappa shape index (κ1) is 34.8. The predicted molar refractivity (Wildman–Crippen MR) is 146 cm³/mol. The van der Waals surface area contributed by atoms with Crippen molar-refractivity contribution in [3.63, 3.8) is 0 Å². The normalized spacial score (nSPS) is 12.1. The fraction of sp³-hybridized carbons (Fsp3) is 0.679. The molecule has 0 aromatic heterocycles. The van der Waals surface area contributed by atoms with Crippen LogP contribution in [0.5, 0.6) is 0 Å². The Labute approximate surface area is 201 Å². The summed E-state index contributed by atoms with van der Waals surface area (Å²) in [5.41, 5.74) is 7.46. The number of amides is 1. The van der Waals surface area contributed by atoms with Gasteiger partial charge >= 0.3 is 0 Å². The van der Waals surface area contributed by atoms with Crippen LogP contribution in [0, 0.1) is 0 Å². The van der Waals surface area contributed by atoms with Gasteiger partial charge in [0.25, 0.3) is 0 Å². The highest BCUT2D eigenvalue weighted by molar-refractivity contribution is 5.79. The molecule has 1 amide bonds. The highest BCUT2D eigenvalue weighted by Crippen LogP contribution is 2.15. The number of nitrogens with zero attached hydrogens (tertiary/aromatic N) is 1. The topological polar surface area (TPSA) is 58.4 Å². The highest BCUT2D eigenvalue weighted by atomic mass is 16.2. The van der Waals surface area contributed by atoms with E-state index in [1.165, 1.54) is 12.8 Å². The van der Waals surface area contributed by atoms with E-state index in [-0.39, 0.29) is 5.91 Å². The largest absolute Gasteiger partial charge is 0.399 e. The zero-order valence-corrected chi connectivity index (χ0v) is 22.7. The fourth-order valence-corrected chi connectivity index (χ4v) is 2.78. The lowest BCUT2D eigenvalue weighted by atomic mass is 10.0. The molecule has 4 nitrogen and oxygen atoms in total. The number of nitrogens with two attached hydrogens (primary N) is 1. The van der Waals surface area contributed by atoms with E-state index >= 15 is 0 Å². The van der Waals surface area contributed by atoms with Crippen LogP contribution in [-0.4, -0.2) is 36.5 Å². The van der Waals surface area contributed by atoms with Gasteiger partial charge in [-0.05, 0) is 56.5 Å². The van der Waals surface area contributed by atoms with E-state index in [9.17, 15) is 4.79 Å². The van der Waals surface area contributed by atoms with Gasteiger partial charge in [0.15, 0.2) is 0 Å². The second kappa shape index (κ2) is 27.2. The maximum atomic E-state index is 12.6. The van der Waals surface area contributed by atoms with E-state index in [1.54, 1.807) is 0 Å². The van der Waals surface area contributed by atoms with E-state index in [0.29, 0.717) is 12.5 Å². The first-order chi connectivity index (χ1) is 15.5. The van der Waals surface area contributed by atoms with Crippen LogP contribution in [0.15, 0.2) is 36.9 Å². The summed E-state index contributed by atoms with van der Waals surface area (Å²) in [6.07, 6.45) is 9.21. The van der Waals surface area contributed by atoms with Crippen molar-refractivity contribution in [2.45, 2.75) is 106 Å². The second-order valence-electron chi connectivity index (χ2n) is 7.18. The van der Waals surface area contributed by atoms with Gasteiger partial charge in [-0.1, -0.05) is 86.4 Å². The van der Waals surface area contributed by atoms with E-state index in [1.807, 2.05) is 58.0 Å². The molecule has 1 fully saturated rings. The molecule has 4 heteroatoms. The van der Waals surface area contributed by atoms with Gasteiger partial charge in [0, 0.05) is 18.3 Å². The molecule has 1 aliphatic rings. The molecule has 0 unspecified atom stereocenters. The molecule has 0 bridgehead atoms. The van der Waals surface area contributed by atoms with Gasteiger partial charge in [-0.3, -0.25) is 4.79 Å². The van der Waals surface area contributed by atoms with Gasteiger partial charge in [-0.2, -0.15) is 0 Å². The summed E-state index contributed by atoms with van der Waals surface area (Å²) in [4.78, 5) is 14.6. The Kier molecular flexibility index (Phi) is 29.6. The lowest BCUT2D eigenvalue weighted by Crippen LogP contribution is -2.47. The lowest BCUT2D eigenvalue weighted by Gasteiger charge is -2.34. The molecule has 0 radical (unpaired) electrons. The first-order valence-corrected chi connectivity index (χ1v) is 13.0. The molecule has 1 heterocycles. The molecule has 0 atom stereocenters. The minimum absolute atomic E-state index is 0.239. The molecule has 1 aromatic rings. The van der Waals surface area contributed by atoms with Crippen molar-refractivity contribution in [2.75, 3.05) is 25.4 Å². The number of anilines is 1. The summed E-state index contributed by atoms with van der Waals surface area (Å²) in [6.45, 7) is 22.9. The quantitative estimate of drug-likeness (QED) is 0.340. The van der Waals surface area contributed by atoms with E-state index in [4.69, 9.17) is 5.73 Å². The summed E-state index contributed by atoms with van der Waals surface area (Å²) in [5.74, 6) is 0.239. The van der Waals surface area contributed by atoms with E-state index in [0.717, 1.165) is 56.6 Å². The molecule has 1 saturated heterocycles. The minimum Gasteiger partial charge on any atom is -0.399 e. The second-order valence-corrected chi connectivity index (χ2v) is 7.18. The molecular weight excluding hydrogens is 394 g/mol. The van der Waals surface area contributed by atoms with Gasteiger partial charge in [-0.25, -0.2) is 0 Å². The molecule has 1 aromatic carbocycles. The number of hydrogen-bond acceptors (Lipinski definition) is 3. The monoisotopic (exact) mass is 449 g/mol. The molecule has 188 valence electrons. The maximum Gasteiger partial charge on any atom is 0.227 e. The number of carbonyl (C=O) groups excluding carboxylic acids is 1. The van der Waals surface area contributed by atoms with Crippen LogP contribution >= 0.6 is 0 Å². The number of piperidine rings is 1. The van der Waals surface area contributed by atoms with Crippen LogP contribution in [-0.2, 0) is 11.2 Å². The zero-order valence-electron chi connectivity index (χ0n) is 22.7. The molecule has 3 N–H and O–H groups in total. The smallest absolute Gasteiger partial charge is 0.227 e. The minimum atomic E-state index is 0.239. The number of nitrogen functional groups attached to an aromatic ring is 1. The Morgan fingerprint density at radius 2 is 1.47 bits per heavy atom. The number of allylic oxidation sites excluding steroid dienone is 1. The van der Waals surface area contributed by atoms with Crippen molar-refractivity contribution in [3.05, 3.63) is 42.5 Å². The molecule has 2 rings (SSSR count). The third kappa shape index (κ3) is 18.9. The van der Waals surface area contributed by atoms with Crippen LogP contribution in [0.2, 0.25) is 0 Å². The molecule has 0 spiro atoms. The Morgan fingerprint density at radius 1 is 1.00 bits per heavy atom. The SMILES string of the molecule is C=CCC.CC.CC.CCCC.CCCN(C(=O)Cc1ccc(N)cc1)C1CCNCC1. The first-order valence-electron chi connectivity index (χ1n) is 13.0. The summed E-state index contributed by atoms with van der Waals surface area (Å²) in [5, 5.41) is 3.35. The molecular formula is C28H55N3O. The Hall–Kier alpha value is -1.81. The molecule has 0 aliphatic carbocycles. The van der Waals surface area contributed by atoms with Crippen molar-refractivity contribution in [2.24, 2.45) is 0 Å². The third-order valence-electron chi connectivity index (χ3n) is 4.66. The Bertz CT molecular complexity index is 506. The highest BCUT2D eigenvalue weighted by Gasteiger charge is 2.24. The van der Waals surface area contributed by atoms with Crippen LogP contribution in [0.1, 0.15) is 99.5 Å². The van der Waals surface area contributed by atoms with Gasteiger partial charge in [0.05, 0.1) is 6.42 Å². The standard InChI is InChI=1S/C16H25N3O.C4H10.C4H8.2C2H6/c1-2-11-19(15-7-9-18-10-8-15)16(20)12-13-3-5-14(17)6-4-13;2*1-3-4-2;2*1-2/h3-6,15,18H,2,7-12,17H2,1H3;3-4H2,1-2H3;3H,1,4H2,2H3;2*1-2H3. The van der Waals surface area contributed by atoms with Gasteiger partial charge in [0.1, 0.15) is 0 Å². The van der Waals surface area contributed by atoms with E-state index < -0.39 is 0 Å². The average molecular weight is 450 g/mol. The number of hydrogen-bond donors (Lipinski definition) is 2. The zero-order chi connectivity index (χ0) is 25.2. The van der Waals surface area contributed by atoms with Gasteiger partial charge < -0.3 is 16.0 Å². The van der Waals surface area contributed by atoms with Crippen LogP contribution < -0.4 is 11.1 Å². The number of benzene rings is 1. The third-order valence-corrected chi connectivity index (χ3v) is 4.66. The Balaban J connectivity index is -0.000000589. The molecule has 32 heavy (non-hydrogen) atoms. The number of nitrogens with one attached hydrogen (secondary N) is 1. The van der Waals surface area contributed by atoms with E-state index in [2.05, 4.69) is 44.5 Å². The summed E-state index contributed by atoms with van der Waals surface area (Å²) >= 11 is 0. The Morgan fingerprint density at radius 3 is 1.84 bits per heavy atom. The summed E-state index contributed by atoms with van der Waals surface area (Å²) in [6, 6.07) is 8.01. The average Bonchev–Trinajstić information content (AvgIpc) is 2.87.